The van der Waals surface area contributed by atoms with Crippen LogP contribution in [0.4, 0.5) is 0 Å². The molecular weight excluding hydrogens is 342 g/mol. The van der Waals surface area contributed by atoms with Crippen LogP contribution in [-0.4, -0.2) is 46.7 Å². The lowest BCUT2D eigenvalue weighted by Crippen LogP contribution is -2.39. The molecule has 1 aliphatic rings. The Hall–Kier alpha value is -2.19. The van der Waals surface area contributed by atoms with E-state index in [1.165, 1.54) is 10.5 Å². The quantitative estimate of drug-likeness (QED) is 0.897. The van der Waals surface area contributed by atoms with Crippen molar-refractivity contribution in [1.29, 1.82) is 0 Å². The Morgan fingerprint density at radius 3 is 2.52 bits per heavy atom. The lowest BCUT2D eigenvalue weighted by atomic mass is 9.91. The fraction of sp³-hybridized carbons (Fsp3) is 0.412. The van der Waals surface area contributed by atoms with Crippen molar-refractivity contribution in [2.75, 3.05) is 13.1 Å². The molecule has 25 heavy (non-hydrogen) atoms. The fourth-order valence-electron chi connectivity index (χ4n) is 3.20. The molecule has 1 aromatic carbocycles. The summed E-state index contributed by atoms with van der Waals surface area (Å²) in [4.78, 5) is 11.2. The van der Waals surface area contributed by atoms with Crippen LogP contribution >= 0.6 is 0 Å². The highest BCUT2D eigenvalue weighted by Crippen LogP contribution is 2.31. The summed E-state index contributed by atoms with van der Waals surface area (Å²) < 4.78 is 28.9. The third-order valence-corrected chi connectivity index (χ3v) is 6.79. The first-order chi connectivity index (χ1) is 11.8. The SMILES string of the molecule is Cc1c(S(=O)(=O)N2CCC[C@H](c3ccc(C(=O)O)cc3)C2)cnn1C. The molecule has 8 heteroatoms. The molecule has 2 aromatic rings. The van der Waals surface area contributed by atoms with Crippen LogP contribution in [-0.2, 0) is 17.1 Å². The Balaban J connectivity index is 1.83. The lowest BCUT2D eigenvalue weighted by molar-refractivity contribution is 0.0697. The van der Waals surface area contributed by atoms with Gasteiger partial charge in [-0.15, -0.1) is 0 Å². The van der Waals surface area contributed by atoms with E-state index in [0.717, 1.165) is 18.4 Å². The molecule has 1 atom stereocenters. The van der Waals surface area contributed by atoms with Crippen LogP contribution in [0.3, 0.4) is 0 Å². The summed E-state index contributed by atoms with van der Waals surface area (Å²) >= 11 is 0. The molecule has 3 rings (SSSR count). The number of hydrogen-bond donors (Lipinski definition) is 1. The molecular formula is C17H21N3O4S. The molecule has 1 saturated heterocycles. The Bertz CT molecular complexity index is 887. The van der Waals surface area contributed by atoms with Gasteiger partial charge in [-0.3, -0.25) is 4.68 Å². The van der Waals surface area contributed by atoms with Gasteiger partial charge in [-0.1, -0.05) is 12.1 Å². The van der Waals surface area contributed by atoms with Crippen molar-refractivity contribution in [3.05, 3.63) is 47.3 Å². The van der Waals surface area contributed by atoms with Crippen molar-refractivity contribution < 1.29 is 18.3 Å². The lowest BCUT2D eigenvalue weighted by Gasteiger charge is -2.32. The average molecular weight is 363 g/mol. The molecule has 0 bridgehead atoms. The topological polar surface area (TPSA) is 92.5 Å². The van der Waals surface area contributed by atoms with Gasteiger partial charge in [-0.25, -0.2) is 13.2 Å². The molecule has 0 saturated carbocycles. The zero-order valence-electron chi connectivity index (χ0n) is 14.2. The molecule has 0 aliphatic carbocycles. The zero-order valence-corrected chi connectivity index (χ0v) is 15.0. The highest BCUT2D eigenvalue weighted by Gasteiger charge is 2.33. The summed E-state index contributed by atoms with van der Waals surface area (Å²) in [6.45, 7) is 2.62. The van der Waals surface area contributed by atoms with E-state index in [-0.39, 0.29) is 16.4 Å². The van der Waals surface area contributed by atoms with E-state index >= 15 is 0 Å². The third kappa shape index (κ3) is 3.32. The van der Waals surface area contributed by atoms with E-state index in [0.29, 0.717) is 18.8 Å². The first-order valence-electron chi connectivity index (χ1n) is 8.12. The smallest absolute Gasteiger partial charge is 0.335 e. The normalized spacial score (nSPS) is 19.0. The Morgan fingerprint density at radius 2 is 1.96 bits per heavy atom. The molecule has 1 aromatic heterocycles. The molecule has 0 spiro atoms. The number of benzene rings is 1. The zero-order chi connectivity index (χ0) is 18.2. The molecule has 0 amide bonds. The van der Waals surface area contributed by atoms with E-state index < -0.39 is 16.0 Å². The van der Waals surface area contributed by atoms with Crippen molar-refractivity contribution in [3.63, 3.8) is 0 Å². The standard InChI is InChI=1S/C17H21N3O4S/c1-12-16(10-18-19(12)2)25(23,24)20-9-3-4-15(11-20)13-5-7-14(8-6-13)17(21)22/h5-8,10,15H,3-4,9,11H2,1-2H3,(H,21,22)/t15-/m0/s1. The Labute approximate surface area is 146 Å². The summed E-state index contributed by atoms with van der Waals surface area (Å²) in [5.74, 6) is -0.908. The summed E-state index contributed by atoms with van der Waals surface area (Å²) in [5.41, 5.74) is 1.82. The molecule has 134 valence electrons. The summed E-state index contributed by atoms with van der Waals surface area (Å²) in [5, 5.41) is 13.0. The molecule has 1 N–H and O–H groups in total. The summed E-state index contributed by atoms with van der Waals surface area (Å²) in [6.07, 6.45) is 3.05. The third-order valence-electron chi connectivity index (χ3n) is 4.82. The van der Waals surface area contributed by atoms with Gasteiger partial charge in [-0.2, -0.15) is 9.40 Å². The first-order valence-corrected chi connectivity index (χ1v) is 9.56. The van der Waals surface area contributed by atoms with Gasteiger partial charge >= 0.3 is 5.97 Å². The minimum atomic E-state index is -3.58. The second-order valence-electron chi connectivity index (χ2n) is 6.35. The van der Waals surface area contributed by atoms with Crippen molar-refractivity contribution in [1.82, 2.24) is 14.1 Å². The summed E-state index contributed by atoms with van der Waals surface area (Å²) in [7, 11) is -1.86. The van der Waals surface area contributed by atoms with Gasteiger partial charge in [0.15, 0.2) is 0 Å². The predicted molar refractivity (Wildman–Crippen MR) is 92.1 cm³/mol. The Kier molecular flexibility index (Phi) is 4.66. The van der Waals surface area contributed by atoms with Gasteiger partial charge in [0.1, 0.15) is 4.90 Å². The van der Waals surface area contributed by atoms with Crippen LogP contribution in [0, 0.1) is 6.92 Å². The maximum atomic E-state index is 12.9. The van der Waals surface area contributed by atoms with Crippen LogP contribution in [0.1, 0.15) is 40.4 Å². The highest BCUT2D eigenvalue weighted by molar-refractivity contribution is 7.89. The minimum absolute atomic E-state index is 0.0587. The van der Waals surface area contributed by atoms with Gasteiger partial charge in [0.2, 0.25) is 10.0 Å². The number of aromatic carboxylic acids is 1. The van der Waals surface area contributed by atoms with Crippen molar-refractivity contribution in [2.24, 2.45) is 7.05 Å². The second kappa shape index (κ2) is 6.61. The minimum Gasteiger partial charge on any atom is -0.478 e. The average Bonchev–Trinajstić information content (AvgIpc) is 2.95. The number of carbonyl (C=O) groups is 1. The van der Waals surface area contributed by atoms with Crippen LogP contribution in [0.25, 0.3) is 0 Å². The molecule has 1 aliphatic heterocycles. The van der Waals surface area contributed by atoms with Gasteiger partial charge < -0.3 is 5.11 Å². The maximum absolute atomic E-state index is 12.9. The number of carboxylic acid groups (broad SMARTS) is 1. The van der Waals surface area contributed by atoms with Crippen molar-refractivity contribution in [3.8, 4) is 0 Å². The number of nitrogens with zero attached hydrogens (tertiary/aromatic N) is 3. The molecule has 2 heterocycles. The van der Waals surface area contributed by atoms with E-state index in [1.54, 1.807) is 42.9 Å². The van der Waals surface area contributed by atoms with Crippen LogP contribution in [0.5, 0.6) is 0 Å². The molecule has 7 nitrogen and oxygen atoms in total. The van der Waals surface area contributed by atoms with E-state index in [2.05, 4.69) is 5.10 Å². The number of piperidine rings is 1. The molecule has 1 fully saturated rings. The fourth-order valence-corrected chi connectivity index (χ4v) is 4.91. The van der Waals surface area contributed by atoms with E-state index in [1.807, 2.05) is 0 Å². The number of rotatable bonds is 4. The Morgan fingerprint density at radius 1 is 1.28 bits per heavy atom. The first kappa shape index (κ1) is 17.6. The molecule has 0 radical (unpaired) electrons. The monoisotopic (exact) mass is 363 g/mol. The van der Waals surface area contributed by atoms with Crippen molar-refractivity contribution in [2.45, 2.75) is 30.6 Å². The number of aryl methyl sites for hydroxylation is 1. The van der Waals surface area contributed by atoms with Crippen LogP contribution < -0.4 is 0 Å². The number of carboxylic acids is 1. The summed E-state index contributed by atoms with van der Waals surface area (Å²) in [6, 6.07) is 6.69. The van der Waals surface area contributed by atoms with Crippen molar-refractivity contribution >= 4 is 16.0 Å². The van der Waals surface area contributed by atoms with Gasteiger partial charge in [0.05, 0.1) is 17.5 Å². The molecule has 0 unspecified atom stereocenters. The number of aromatic nitrogens is 2. The maximum Gasteiger partial charge on any atom is 0.335 e. The largest absolute Gasteiger partial charge is 0.478 e. The van der Waals surface area contributed by atoms with E-state index in [9.17, 15) is 13.2 Å². The second-order valence-corrected chi connectivity index (χ2v) is 8.25. The van der Waals surface area contributed by atoms with Crippen LogP contribution in [0.15, 0.2) is 35.4 Å². The van der Waals surface area contributed by atoms with E-state index in [4.69, 9.17) is 5.11 Å². The number of hydrogen-bond acceptors (Lipinski definition) is 4. The van der Waals surface area contributed by atoms with Gasteiger partial charge in [-0.05, 0) is 43.4 Å². The van der Waals surface area contributed by atoms with Gasteiger partial charge in [0.25, 0.3) is 0 Å². The van der Waals surface area contributed by atoms with Gasteiger partial charge in [0, 0.05) is 20.1 Å². The highest BCUT2D eigenvalue weighted by atomic mass is 32.2. The number of sulfonamides is 1. The van der Waals surface area contributed by atoms with Crippen LogP contribution in [0.2, 0.25) is 0 Å². The predicted octanol–water partition coefficient (Wildman–Crippen LogP) is 2.00.